The highest BCUT2D eigenvalue weighted by molar-refractivity contribution is 7.15. The first-order valence-corrected chi connectivity index (χ1v) is 8.03. The van der Waals surface area contributed by atoms with Crippen LogP contribution in [-0.2, 0) is 0 Å². The topological polar surface area (TPSA) is 32.3 Å². The summed E-state index contributed by atoms with van der Waals surface area (Å²) in [5.74, 6) is -0.0153. The smallest absolute Gasteiger partial charge is 0.254 e. The van der Waals surface area contributed by atoms with Crippen molar-refractivity contribution in [2.24, 2.45) is 0 Å². The molecule has 3 rings (SSSR count). The van der Waals surface area contributed by atoms with E-state index in [0.29, 0.717) is 15.4 Å². The third-order valence-corrected chi connectivity index (χ3v) is 6.05. The van der Waals surface area contributed by atoms with E-state index in [1.807, 2.05) is 12.3 Å². The predicted octanol–water partition coefficient (Wildman–Crippen LogP) is 3.07. The second kappa shape index (κ2) is 4.76. The molecule has 104 valence electrons. The number of nitrogens with one attached hydrogen (secondary N) is 1. The van der Waals surface area contributed by atoms with Crippen LogP contribution in [0.15, 0.2) is 5.38 Å². The Morgan fingerprint density at radius 3 is 2.79 bits per heavy atom. The summed E-state index contributed by atoms with van der Waals surface area (Å²) in [6.07, 6.45) is 4.94. The van der Waals surface area contributed by atoms with Gasteiger partial charge in [0, 0.05) is 18.1 Å². The van der Waals surface area contributed by atoms with E-state index in [-0.39, 0.29) is 11.9 Å². The fourth-order valence-electron chi connectivity index (χ4n) is 3.41. The van der Waals surface area contributed by atoms with Gasteiger partial charge in [0.2, 0.25) is 0 Å². The number of amides is 1. The molecule has 1 aliphatic carbocycles. The summed E-state index contributed by atoms with van der Waals surface area (Å²) in [6, 6.07) is 0.258. The molecule has 3 nitrogen and oxygen atoms in total. The molecule has 1 unspecified atom stereocenters. The Hall–Kier alpha value is -0.580. The van der Waals surface area contributed by atoms with Crippen molar-refractivity contribution in [3.8, 4) is 0 Å². The molecule has 1 saturated heterocycles. The maximum atomic E-state index is 12.3. The third-order valence-electron chi connectivity index (χ3n) is 4.71. The Morgan fingerprint density at radius 1 is 1.58 bits per heavy atom. The van der Waals surface area contributed by atoms with Gasteiger partial charge in [-0.15, -0.1) is 11.3 Å². The molecular weight excluding hydrogens is 280 g/mol. The zero-order valence-corrected chi connectivity index (χ0v) is 12.9. The number of thiophene rings is 1. The third kappa shape index (κ3) is 2.20. The summed E-state index contributed by atoms with van der Waals surface area (Å²) >= 11 is 7.52. The van der Waals surface area contributed by atoms with Crippen LogP contribution in [0.25, 0.3) is 0 Å². The zero-order chi connectivity index (χ0) is 13.6. The molecule has 1 saturated carbocycles. The van der Waals surface area contributed by atoms with Gasteiger partial charge in [-0.3, -0.25) is 9.69 Å². The first-order valence-electron chi connectivity index (χ1n) is 6.77. The Labute approximate surface area is 122 Å². The monoisotopic (exact) mass is 298 g/mol. The fourth-order valence-corrected chi connectivity index (χ4v) is 4.55. The van der Waals surface area contributed by atoms with Gasteiger partial charge in [0.15, 0.2) is 0 Å². The molecule has 0 bridgehead atoms. The molecule has 5 heteroatoms. The molecule has 1 atom stereocenters. The zero-order valence-electron chi connectivity index (χ0n) is 11.3. The lowest BCUT2D eigenvalue weighted by Gasteiger charge is -2.44. The van der Waals surface area contributed by atoms with Crippen LogP contribution in [0.3, 0.4) is 0 Å². The molecule has 2 fully saturated rings. The molecule has 1 N–H and O–H groups in total. The molecule has 1 aromatic heterocycles. The van der Waals surface area contributed by atoms with Crippen LogP contribution in [-0.4, -0.2) is 36.0 Å². The number of likely N-dealkylation sites (tertiary alicyclic amines) is 1. The minimum atomic E-state index is -0.0153. The molecular formula is C14H19ClN2OS. The van der Waals surface area contributed by atoms with Gasteiger partial charge in [0.25, 0.3) is 5.91 Å². The number of rotatable bonds is 2. The minimum absolute atomic E-state index is 0.0153. The van der Waals surface area contributed by atoms with Crippen LogP contribution in [0, 0.1) is 6.92 Å². The number of aryl methyl sites for hydroxylation is 1. The van der Waals surface area contributed by atoms with Gasteiger partial charge >= 0.3 is 0 Å². The molecule has 19 heavy (non-hydrogen) atoms. The summed E-state index contributed by atoms with van der Waals surface area (Å²) in [5, 5.41) is 5.09. The largest absolute Gasteiger partial charge is 0.348 e. The van der Waals surface area contributed by atoms with Crippen LogP contribution in [0.5, 0.6) is 0 Å². The molecule has 1 aliphatic heterocycles. The van der Waals surface area contributed by atoms with Crippen molar-refractivity contribution in [2.45, 2.75) is 44.2 Å². The lowest BCUT2D eigenvalue weighted by molar-refractivity contribution is 0.0799. The molecule has 0 aromatic carbocycles. The van der Waals surface area contributed by atoms with Crippen LogP contribution in [0.1, 0.15) is 41.6 Å². The maximum absolute atomic E-state index is 12.3. The molecule has 1 amide bonds. The second-order valence-corrected chi connectivity index (χ2v) is 7.38. The Morgan fingerprint density at radius 2 is 2.32 bits per heavy atom. The highest BCUT2D eigenvalue weighted by Gasteiger charge is 2.47. The summed E-state index contributed by atoms with van der Waals surface area (Å²) < 4.78 is 0.597. The summed E-state index contributed by atoms with van der Waals surface area (Å²) in [7, 11) is 2.17. The standard InChI is InChI=1S/C14H19ClN2OS/c1-9-8-19-12(15)11(9)13(18)16-10-6-14(4-3-5-14)17(2)7-10/h8,10H,3-7H2,1-2H3,(H,16,18). The first kappa shape index (κ1) is 13.4. The van der Waals surface area contributed by atoms with Gasteiger partial charge in [-0.2, -0.15) is 0 Å². The van der Waals surface area contributed by atoms with E-state index in [4.69, 9.17) is 11.6 Å². The SMILES string of the molecule is Cc1csc(Cl)c1C(=O)NC1CN(C)C2(CCC2)C1. The minimum Gasteiger partial charge on any atom is -0.348 e. The second-order valence-electron chi connectivity index (χ2n) is 5.90. The van der Waals surface area contributed by atoms with Gasteiger partial charge in [-0.05, 0) is 50.6 Å². The summed E-state index contributed by atoms with van der Waals surface area (Å²) in [6.45, 7) is 2.89. The van der Waals surface area contributed by atoms with E-state index in [1.54, 1.807) is 0 Å². The van der Waals surface area contributed by atoms with Crippen LogP contribution < -0.4 is 5.32 Å². The Balaban J connectivity index is 1.68. The highest BCUT2D eigenvalue weighted by atomic mass is 35.5. The lowest BCUT2D eigenvalue weighted by Crippen LogP contribution is -2.47. The molecule has 2 aliphatic rings. The van der Waals surface area contributed by atoms with Crippen molar-refractivity contribution in [3.05, 3.63) is 20.8 Å². The van der Waals surface area contributed by atoms with Gasteiger partial charge in [-0.25, -0.2) is 0 Å². The lowest BCUT2D eigenvalue weighted by atomic mass is 9.74. The summed E-state index contributed by atoms with van der Waals surface area (Å²) in [5.41, 5.74) is 1.99. The normalized spacial score (nSPS) is 25.5. The maximum Gasteiger partial charge on any atom is 0.254 e. The Bertz CT molecular complexity index is 490. The van der Waals surface area contributed by atoms with Gasteiger partial charge in [0.1, 0.15) is 4.34 Å². The van der Waals surface area contributed by atoms with E-state index >= 15 is 0 Å². The number of carbonyl (C=O) groups excluding carboxylic acids is 1. The van der Waals surface area contributed by atoms with E-state index in [9.17, 15) is 4.79 Å². The van der Waals surface area contributed by atoms with E-state index in [1.165, 1.54) is 30.6 Å². The number of hydrogen-bond acceptors (Lipinski definition) is 3. The highest BCUT2D eigenvalue weighted by Crippen LogP contribution is 2.44. The number of nitrogens with zero attached hydrogens (tertiary/aromatic N) is 1. The van der Waals surface area contributed by atoms with E-state index in [2.05, 4.69) is 17.3 Å². The molecule has 1 aromatic rings. The van der Waals surface area contributed by atoms with Gasteiger partial charge in [0.05, 0.1) is 5.56 Å². The fraction of sp³-hybridized carbons (Fsp3) is 0.643. The van der Waals surface area contributed by atoms with Crippen molar-refractivity contribution in [1.29, 1.82) is 0 Å². The number of halogens is 1. The van der Waals surface area contributed by atoms with Crippen LogP contribution >= 0.6 is 22.9 Å². The molecule has 0 radical (unpaired) electrons. The van der Waals surface area contributed by atoms with Crippen molar-refractivity contribution in [1.82, 2.24) is 10.2 Å². The van der Waals surface area contributed by atoms with Crippen LogP contribution in [0.4, 0.5) is 0 Å². The van der Waals surface area contributed by atoms with Gasteiger partial charge in [-0.1, -0.05) is 11.6 Å². The first-order chi connectivity index (χ1) is 9.02. The number of carbonyl (C=O) groups is 1. The predicted molar refractivity (Wildman–Crippen MR) is 79.1 cm³/mol. The number of likely N-dealkylation sites (N-methyl/N-ethyl adjacent to an activating group) is 1. The van der Waals surface area contributed by atoms with Crippen molar-refractivity contribution < 1.29 is 4.79 Å². The van der Waals surface area contributed by atoms with E-state index < -0.39 is 0 Å². The quantitative estimate of drug-likeness (QED) is 0.910. The van der Waals surface area contributed by atoms with Crippen molar-refractivity contribution >= 4 is 28.8 Å². The van der Waals surface area contributed by atoms with Crippen molar-refractivity contribution in [3.63, 3.8) is 0 Å². The van der Waals surface area contributed by atoms with E-state index in [0.717, 1.165) is 18.5 Å². The van der Waals surface area contributed by atoms with Crippen molar-refractivity contribution in [2.75, 3.05) is 13.6 Å². The summed E-state index contributed by atoms with van der Waals surface area (Å²) in [4.78, 5) is 14.7. The number of hydrogen-bond donors (Lipinski definition) is 1. The van der Waals surface area contributed by atoms with Gasteiger partial charge < -0.3 is 5.32 Å². The average molecular weight is 299 g/mol. The Kier molecular flexibility index (Phi) is 3.36. The van der Waals surface area contributed by atoms with Crippen LogP contribution in [0.2, 0.25) is 4.34 Å². The average Bonchev–Trinajstić information content (AvgIpc) is 2.79. The molecule has 1 spiro atoms. The molecule has 2 heterocycles.